The summed E-state index contributed by atoms with van der Waals surface area (Å²) >= 11 is 0. The topological polar surface area (TPSA) is 93.9 Å². The summed E-state index contributed by atoms with van der Waals surface area (Å²) in [5, 5.41) is 2.86. The van der Waals surface area contributed by atoms with E-state index in [1.165, 1.54) is 6.42 Å². The third-order valence-corrected chi connectivity index (χ3v) is 9.04. The van der Waals surface area contributed by atoms with E-state index < -0.39 is 13.2 Å². The van der Waals surface area contributed by atoms with Gasteiger partial charge in [0, 0.05) is 18.7 Å². The van der Waals surface area contributed by atoms with Crippen LogP contribution in [0.4, 0.5) is 0 Å². The second-order valence-electron chi connectivity index (χ2n) is 11.2. The van der Waals surface area contributed by atoms with Crippen LogP contribution in [0, 0.1) is 17.3 Å². The summed E-state index contributed by atoms with van der Waals surface area (Å²) in [6.07, 6.45) is 4.12. The highest BCUT2D eigenvalue weighted by atomic mass is 35.5. The first-order valence-electron chi connectivity index (χ1n) is 12.4. The highest BCUT2D eigenvalue weighted by molar-refractivity contribution is 6.48. The molecule has 3 N–H and O–H groups in total. The number of hydrogen-bond donors (Lipinski definition) is 2. The van der Waals surface area contributed by atoms with Gasteiger partial charge in [-0.2, -0.15) is 0 Å². The minimum absolute atomic E-state index is 0. The molecule has 0 radical (unpaired) electrons. The zero-order chi connectivity index (χ0) is 23.5. The fourth-order valence-corrected chi connectivity index (χ4v) is 6.80. The lowest BCUT2D eigenvalue weighted by atomic mass is 9.43. The Hall–Kier alpha value is -1.61. The van der Waals surface area contributed by atoms with Crippen LogP contribution in [0.5, 0.6) is 0 Å². The first kappa shape index (κ1) is 25.5. The SMILES string of the molecule is C[C@@H](NC(=O)c1ccc(CN)cc1)C(=O)N1CCC[C@H]1B1O[C@@H]2C[C@@H]3C[C@@H](C3(C)C)[C@]2(C)O1.Cl. The number of nitrogens with zero attached hydrogens (tertiary/aromatic N) is 1. The highest BCUT2D eigenvalue weighted by Crippen LogP contribution is 2.65. The van der Waals surface area contributed by atoms with Crippen molar-refractivity contribution in [2.75, 3.05) is 6.54 Å². The Balaban J connectivity index is 0.00000274. The second kappa shape index (κ2) is 9.12. The molecule has 0 unspecified atom stereocenters. The summed E-state index contributed by atoms with van der Waals surface area (Å²) in [5.41, 5.74) is 7.11. The summed E-state index contributed by atoms with van der Waals surface area (Å²) in [6.45, 7) is 9.75. The molecule has 1 aromatic rings. The van der Waals surface area contributed by atoms with Crippen molar-refractivity contribution in [3.63, 3.8) is 0 Å². The van der Waals surface area contributed by atoms with E-state index in [0.717, 1.165) is 24.8 Å². The lowest BCUT2D eigenvalue weighted by molar-refractivity contribution is -0.199. The molecular formula is C25H37BClN3O4. The van der Waals surface area contributed by atoms with E-state index in [0.29, 0.717) is 30.5 Å². The fraction of sp³-hybridized carbons (Fsp3) is 0.680. The molecule has 2 heterocycles. The van der Waals surface area contributed by atoms with E-state index in [9.17, 15) is 9.59 Å². The molecule has 5 fully saturated rings. The lowest BCUT2D eigenvalue weighted by Gasteiger charge is -2.64. The molecule has 0 aromatic heterocycles. The monoisotopic (exact) mass is 489 g/mol. The van der Waals surface area contributed by atoms with Gasteiger partial charge >= 0.3 is 7.12 Å². The van der Waals surface area contributed by atoms with E-state index in [-0.39, 0.29) is 47.3 Å². The number of nitrogens with one attached hydrogen (secondary N) is 1. The van der Waals surface area contributed by atoms with Crippen molar-refractivity contribution in [3.8, 4) is 0 Å². The molecule has 2 saturated heterocycles. The maximum absolute atomic E-state index is 13.3. The average molecular weight is 490 g/mol. The average Bonchev–Trinajstić information content (AvgIpc) is 3.42. The third-order valence-electron chi connectivity index (χ3n) is 9.04. The van der Waals surface area contributed by atoms with Crippen LogP contribution in [0.15, 0.2) is 24.3 Å². The Morgan fingerprint density at radius 3 is 2.59 bits per heavy atom. The Labute approximate surface area is 209 Å². The van der Waals surface area contributed by atoms with Crippen molar-refractivity contribution < 1.29 is 18.9 Å². The molecule has 2 aliphatic heterocycles. The normalized spacial score (nSPS) is 34.0. The minimum Gasteiger partial charge on any atom is -0.404 e. The van der Waals surface area contributed by atoms with Crippen LogP contribution >= 0.6 is 12.4 Å². The van der Waals surface area contributed by atoms with Crippen molar-refractivity contribution in [1.29, 1.82) is 0 Å². The van der Waals surface area contributed by atoms with Gasteiger partial charge in [0.25, 0.3) is 5.91 Å². The van der Waals surface area contributed by atoms with Gasteiger partial charge in [-0.1, -0.05) is 26.0 Å². The molecule has 34 heavy (non-hydrogen) atoms. The molecule has 9 heteroatoms. The second-order valence-corrected chi connectivity index (χ2v) is 11.2. The molecule has 186 valence electrons. The largest absolute Gasteiger partial charge is 0.481 e. The summed E-state index contributed by atoms with van der Waals surface area (Å²) in [5.74, 6) is 0.736. The summed E-state index contributed by atoms with van der Waals surface area (Å²) < 4.78 is 13.1. The zero-order valence-corrected chi connectivity index (χ0v) is 21.4. The summed E-state index contributed by atoms with van der Waals surface area (Å²) in [7, 11) is -0.395. The number of carbonyl (C=O) groups excluding carboxylic acids is 2. The first-order chi connectivity index (χ1) is 15.6. The molecular weight excluding hydrogens is 453 g/mol. The third kappa shape index (κ3) is 3.96. The van der Waals surface area contributed by atoms with Gasteiger partial charge in [-0.25, -0.2) is 0 Å². The Morgan fingerprint density at radius 2 is 1.94 bits per heavy atom. The quantitative estimate of drug-likeness (QED) is 0.620. The summed E-state index contributed by atoms with van der Waals surface area (Å²) in [4.78, 5) is 27.9. The van der Waals surface area contributed by atoms with Crippen molar-refractivity contribution in [1.82, 2.24) is 10.2 Å². The van der Waals surface area contributed by atoms with Crippen LogP contribution < -0.4 is 11.1 Å². The van der Waals surface area contributed by atoms with Crippen LogP contribution in [0.3, 0.4) is 0 Å². The number of rotatable bonds is 5. The molecule has 2 amide bonds. The Morgan fingerprint density at radius 1 is 1.24 bits per heavy atom. The Bertz CT molecular complexity index is 945. The van der Waals surface area contributed by atoms with Gasteiger partial charge < -0.3 is 25.3 Å². The van der Waals surface area contributed by atoms with E-state index in [1.807, 2.05) is 17.0 Å². The number of hydrogen-bond acceptors (Lipinski definition) is 5. The lowest BCUT2D eigenvalue weighted by Crippen LogP contribution is -2.65. The molecule has 6 atom stereocenters. The van der Waals surface area contributed by atoms with Gasteiger partial charge in [0.1, 0.15) is 6.04 Å². The van der Waals surface area contributed by atoms with Crippen LogP contribution in [0.25, 0.3) is 0 Å². The Kier molecular flexibility index (Phi) is 6.84. The molecule has 6 rings (SSSR count). The van der Waals surface area contributed by atoms with Gasteiger partial charge in [-0.3, -0.25) is 9.59 Å². The molecule has 5 aliphatic rings. The van der Waals surface area contributed by atoms with E-state index in [4.69, 9.17) is 15.0 Å². The van der Waals surface area contributed by atoms with Crippen LogP contribution in [-0.4, -0.2) is 54.1 Å². The molecule has 7 nitrogen and oxygen atoms in total. The van der Waals surface area contributed by atoms with E-state index in [2.05, 4.69) is 26.1 Å². The van der Waals surface area contributed by atoms with E-state index in [1.54, 1.807) is 19.1 Å². The maximum Gasteiger partial charge on any atom is 0.481 e. The number of amides is 2. The first-order valence-corrected chi connectivity index (χ1v) is 12.4. The van der Waals surface area contributed by atoms with Gasteiger partial charge in [0.15, 0.2) is 0 Å². The predicted octanol–water partition coefficient (Wildman–Crippen LogP) is 2.94. The standard InChI is InChI=1S/C25H36BN3O4.ClH/c1-15(28-22(30)17-9-7-16(14-27)8-10-17)23(31)29-11-5-6-21(29)26-32-20-13-18-12-19(24(18,2)3)25(20,4)33-26;/h7-10,15,18-21H,5-6,11-14,27H2,1-4H3,(H,28,30);1H/t15-,18+,19+,20-,21+,25+;/m1./s1. The predicted molar refractivity (Wildman–Crippen MR) is 133 cm³/mol. The van der Waals surface area contributed by atoms with Gasteiger partial charge in [0.2, 0.25) is 5.91 Å². The van der Waals surface area contributed by atoms with Crippen molar-refractivity contribution in [2.24, 2.45) is 23.0 Å². The highest BCUT2D eigenvalue weighted by Gasteiger charge is 2.69. The van der Waals surface area contributed by atoms with Crippen molar-refractivity contribution in [2.45, 2.75) is 83.6 Å². The van der Waals surface area contributed by atoms with E-state index >= 15 is 0 Å². The van der Waals surface area contributed by atoms with Crippen molar-refractivity contribution in [3.05, 3.63) is 35.4 Å². The maximum atomic E-state index is 13.3. The number of likely N-dealkylation sites (tertiary alicyclic amines) is 1. The summed E-state index contributed by atoms with van der Waals surface area (Å²) in [6, 6.07) is 6.51. The number of nitrogens with two attached hydrogens (primary N) is 1. The van der Waals surface area contributed by atoms with Gasteiger partial charge in [-0.05, 0) is 74.5 Å². The molecule has 3 aliphatic carbocycles. The molecule has 3 saturated carbocycles. The number of carbonyl (C=O) groups is 2. The molecule has 2 bridgehead atoms. The van der Waals surface area contributed by atoms with Crippen LogP contribution in [0.1, 0.15) is 69.3 Å². The smallest absolute Gasteiger partial charge is 0.404 e. The minimum atomic E-state index is -0.627. The fourth-order valence-electron chi connectivity index (χ4n) is 6.80. The number of benzene rings is 1. The van der Waals surface area contributed by atoms with Crippen molar-refractivity contribution >= 4 is 31.3 Å². The van der Waals surface area contributed by atoms with Gasteiger partial charge in [0.05, 0.1) is 17.6 Å². The number of halogens is 1. The molecule has 0 spiro atoms. The van der Waals surface area contributed by atoms with Crippen LogP contribution in [0.2, 0.25) is 0 Å². The van der Waals surface area contributed by atoms with Crippen LogP contribution in [-0.2, 0) is 20.6 Å². The molecule has 1 aromatic carbocycles. The van der Waals surface area contributed by atoms with Gasteiger partial charge in [-0.15, -0.1) is 12.4 Å². The zero-order valence-electron chi connectivity index (χ0n) is 20.6.